The van der Waals surface area contributed by atoms with E-state index >= 15 is 0 Å². The largest absolute Gasteiger partial charge is 0.384 e. The van der Waals surface area contributed by atoms with E-state index in [4.69, 9.17) is 10.5 Å². The normalized spacial score (nSPS) is 20.9. The molecule has 2 rings (SSSR count). The van der Waals surface area contributed by atoms with E-state index in [1.165, 1.54) is 5.69 Å². The summed E-state index contributed by atoms with van der Waals surface area (Å²) in [5.41, 5.74) is 7.24. The minimum absolute atomic E-state index is 0.290. The van der Waals surface area contributed by atoms with Gasteiger partial charge in [0.1, 0.15) is 5.82 Å². The first-order valence-corrected chi connectivity index (χ1v) is 5.09. The molecule has 4 heteroatoms. The molecule has 1 aliphatic rings. The molecule has 14 heavy (non-hydrogen) atoms. The summed E-state index contributed by atoms with van der Waals surface area (Å²) in [5.74, 6) is 1.11. The number of fused-ring (bicyclic) bond motifs is 1. The fraction of sp³-hybridized carbons (Fsp3) is 0.700. The van der Waals surface area contributed by atoms with E-state index in [1.807, 2.05) is 6.20 Å². The molecule has 2 heterocycles. The van der Waals surface area contributed by atoms with Crippen molar-refractivity contribution < 1.29 is 4.74 Å². The highest BCUT2D eigenvalue weighted by atomic mass is 16.5. The van der Waals surface area contributed by atoms with Gasteiger partial charge in [0, 0.05) is 38.0 Å². The molecule has 1 unspecified atom stereocenters. The number of hydrogen-bond donors (Lipinski definition) is 1. The van der Waals surface area contributed by atoms with Crippen molar-refractivity contribution in [1.29, 1.82) is 0 Å². The van der Waals surface area contributed by atoms with Gasteiger partial charge in [-0.25, -0.2) is 4.98 Å². The molecule has 0 fully saturated rings. The molecule has 0 saturated carbocycles. The van der Waals surface area contributed by atoms with Crippen molar-refractivity contribution >= 4 is 0 Å². The predicted octanol–water partition coefficient (Wildman–Crippen LogP) is 0.346. The lowest BCUT2D eigenvalue weighted by Gasteiger charge is -2.22. The lowest BCUT2D eigenvalue weighted by atomic mass is 10.1. The quantitative estimate of drug-likeness (QED) is 0.757. The van der Waals surface area contributed by atoms with Gasteiger partial charge in [0.15, 0.2) is 0 Å². The van der Waals surface area contributed by atoms with Crippen LogP contribution in [0.3, 0.4) is 0 Å². The first kappa shape index (κ1) is 9.68. The van der Waals surface area contributed by atoms with Crippen molar-refractivity contribution in [1.82, 2.24) is 9.55 Å². The molecule has 1 aromatic heterocycles. The number of rotatable bonds is 3. The van der Waals surface area contributed by atoms with Crippen LogP contribution in [0.2, 0.25) is 0 Å². The zero-order valence-electron chi connectivity index (χ0n) is 8.57. The van der Waals surface area contributed by atoms with Crippen LogP contribution in [-0.4, -0.2) is 29.3 Å². The molecule has 4 nitrogen and oxygen atoms in total. The van der Waals surface area contributed by atoms with Crippen molar-refractivity contribution in [2.75, 3.05) is 13.7 Å². The number of hydrogen-bond acceptors (Lipinski definition) is 3. The van der Waals surface area contributed by atoms with Gasteiger partial charge in [0.25, 0.3) is 0 Å². The Morgan fingerprint density at radius 2 is 2.57 bits per heavy atom. The molecule has 0 amide bonds. The van der Waals surface area contributed by atoms with Gasteiger partial charge in [-0.05, 0) is 12.8 Å². The SMILES string of the molecule is COCCc1ncc2n1CC(N)CC2. The third kappa shape index (κ3) is 1.81. The lowest BCUT2D eigenvalue weighted by molar-refractivity contribution is 0.199. The van der Waals surface area contributed by atoms with E-state index in [0.717, 1.165) is 38.2 Å². The van der Waals surface area contributed by atoms with Crippen LogP contribution in [0.4, 0.5) is 0 Å². The third-order valence-electron chi connectivity index (χ3n) is 2.74. The molecule has 78 valence electrons. The Labute approximate surface area is 84.1 Å². The molecule has 1 aromatic rings. The van der Waals surface area contributed by atoms with Crippen LogP contribution in [0.15, 0.2) is 6.20 Å². The van der Waals surface area contributed by atoms with Crippen molar-refractivity contribution in [2.45, 2.75) is 31.8 Å². The Morgan fingerprint density at radius 1 is 1.71 bits per heavy atom. The smallest absolute Gasteiger partial charge is 0.111 e. The second-order valence-electron chi connectivity index (χ2n) is 3.82. The van der Waals surface area contributed by atoms with Crippen molar-refractivity contribution in [3.63, 3.8) is 0 Å². The maximum absolute atomic E-state index is 5.93. The first-order chi connectivity index (χ1) is 6.81. The van der Waals surface area contributed by atoms with Gasteiger partial charge < -0.3 is 15.0 Å². The fourth-order valence-electron chi connectivity index (χ4n) is 1.93. The number of aryl methyl sites for hydroxylation is 1. The number of aromatic nitrogens is 2. The Bertz CT molecular complexity index is 308. The van der Waals surface area contributed by atoms with E-state index in [2.05, 4.69) is 9.55 Å². The number of nitrogens with two attached hydrogens (primary N) is 1. The highest BCUT2D eigenvalue weighted by Gasteiger charge is 2.18. The summed E-state index contributed by atoms with van der Waals surface area (Å²) in [6.45, 7) is 1.64. The number of ether oxygens (including phenoxy) is 1. The molecular weight excluding hydrogens is 178 g/mol. The van der Waals surface area contributed by atoms with Gasteiger partial charge in [-0.1, -0.05) is 0 Å². The minimum Gasteiger partial charge on any atom is -0.384 e. The van der Waals surface area contributed by atoms with E-state index in [0.29, 0.717) is 0 Å². The summed E-state index contributed by atoms with van der Waals surface area (Å²) in [7, 11) is 1.71. The molecule has 0 bridgehead atoms. The van der Waals surface area contributed by atoms with Crippen molar-refractivity contribution in [3.05, 3.63) is 17.7 Å². The maximum atomic E-state index is 5.93. The van der Waals surface area contributed by atoms with Gasteiger partial charge in [-0.15, -0.1) is 0 Å². The Morgan fingerprint density at radius 3 is 3.36 bits per heavy atom. The number of imidazole rings is 1. The summed E-state index contributed by atoms with van der Waals surface area (Å²) in [6, 6.07) is 0.290. The van der Waals surface area contributed by atoms with Gasteiger partial charge in [-0.2, -0.15) is 0 Å². The van der Waals surface area contributed by atoms with Gasteiger partial charge in [0.2, 0.25) is 0 Å². The molecule has 0 radical (unpaired) electrons. The maximum Gasteiger partial charge on any atom is 0.111 e. The zero-order valence-corrected chi connectivity index (χ0v) is 8.57. The topological polar surface area (TPSA) is 53.1 Å². The number of nitrogens with zero attached hydrogens (tertiary/aromatic N) is 2. The average molecular weight is 195 g/mol. The van der Waals surface area contributed by atoms with Crippen LogP contribution < -0.4 is 5.73 Å². The number of methoxy groups -OCH3 is 1. The first-order valence-electron chi connectivity index (χ1n) is 5.09. The van der Waals surface area contributed by atoms with Gasteiger partial charge in [0.05, 0.1) is 6.61 Å². The van der Waals surface area contributed by atoms with Crippen molar-refractivity contribution in [2.24, 2.45) is 5.73 Å². The Hall–Kier alpha value is -0.870. The molecule has 0 saturated heterocycles. The lowest BCUT2D eigenvalue weighted by Crippen LogP contribution is -2.32. The second kappa shape index (κ2) is 4.11. The van der Waals surface area contributed by atoms with E-state index < -0.39 is 0 Å². The zero-order chi connectivity index (χ0) is 9.97. The van der Waals surface area contributed by atoms with E-state index in [1.54, 1.807) is 7.11 Å². The molecule has 1 atom stereocenters. The molecule has 1 aliphatic heterocycles. The Kier molecular flexibility index (Phi) is 2.84. The summed E-state index contributed by atoms with van der Waals surface area (Å²) in [4.78, 5) is 4.40. The average Bonchev–Trinajstić information content (AvgIpc) is 2.57. The Balaban J connectivity index is 2.13. The summed E-state index contributed by atoms with van der Waals surface area (Å²) in [6.07, 6.45) is 4.98. The molecule has 2 N–H and O–H groups in total. The molecular formula is C10H17N3O. The summed E-state index contributed by atoms with van der Waals surface area (Å²) < 4.78 is 7.29. The van der Waals surface area contributed by atoms with Crippen LogP contribution in [0.5, 0.6) is 0 Å². The van der Waals surface area contributed by atoms with Crippen LogP contribution in [0.1, 0.15) is 17.9 Å². The summed E-state index contributed by atoms with van der Waals surface area (Å²) in [5, 5.41) is 0. The minimum atomic E-state index is 0.290. The van der Waals surface area contributed by atoms with Crippen LogP contribution in [-0.2, 0) is 24.1 Å². The second-order valence-corrected chi connectivity index (χ2v) is 3.82. The van der Waals surface area contributed by atoms with E-state index in [-0.39, 0.29) is 6.04 Å². The highest BCUT2D eigenvalue weighted by molar-refractivity contribution is 5.09. The fourth-order valence-corrected chi connectivity index (χ4v) is 1.93. The standard InChI is InChI=1S/C10H17N3O/c1-14-5-4-10-12-6-9-3-2-8(11)7-13(9)10/h6,8H,2-5,7,11H2,1H3. The summed E-state index contributed by atoms with van der Waals surface area (Å²) >= 11 is 0. The van der Waals surface area contributed by atoms with Crippen LogP contribution in [0.25, 0.3) is 0 Å². The van der Waals surface area contributed by atoms with Crippen LogP contribution in [0, 0.1) is 0 Å². The molecule has 0 aromatic carbocycles. The van der Waals surface area contributed by atoms with Crippen LogP contribution >= 0.6 is 0 Å². The van der Waals surface area contributed by atoms with E-state index in [9.17, 15) is 0 Å². The predicted molar refractivity (Wildman–Crippen MR) is 54.1 cm³/mol. The van der Waals surface area contributed by atoms with Crippen molar-refractivity contribution in [3.8, 4) is 0 Å². The molecule has 0 aliphatic carbocycles. The highest BCUT2D eigenvalue weighted by Crippen LogP contribution is 2.16. The third-order valence-corrected chi connectivity index (χ3v) is 2.74. The van der Waals surface area contributed by atoms with Gasteiger partial charge >= 0.3 is 0 Å². The van der Waals surface area contributed by atoms with Gasteiger partial charge in [-0.3, -0.25) is 0 Å². The molecule has 0 spiro atoms. The monoisotopic (exact) mass is 195 g/mol.